The maximum Gasteiger partial charge on any atom is 0.332 e. The van der Waals surface area contributed by atoms with E-state index < -0.39 is 23.7 Å². The van der Waals surface area contributed by atoms with Crippen LogP contribution in [-0.4, -0.2) is 23.4 Å². The van der Waals surface area contributed by atoms with Gasteiger partial charge in [-0.3, -0.25) is 14.6 Å². The van der Waals surface area contributed by atoms with Gasteiger partial charge in [-0.15, -0.1) is 0 Å². The largest absolute Gasteiger partial charge is 0.332 e. The number of fused-ring (bicyclic) bond motifs is 6. The summed E-state index contributed by atoms with van der Waals surface area (Å²) in [5, 5.41) is 0. The van der Waals surface area contributed by atoms with Gasteiger partial charge in [-0.05, 0) is 41.0 Å². The quantitative estimate of drug-likeness (QED) is 0.702. The van der Waals surface area contributed by atoms with E-state index in [0.717, 1.165) is 10.5 Å². The lowest BCUT2D eigenvalue weighted by molar-refractivity contribution is -0.126. The number of anilines is 1. The van der Waals surface area contributed by atoms with Crippen molar-refractivity contribution >= 4 is 17.6 Å². The molecule has 2 aliphatic heterocycles. The Labute approximate surface area is 123 Å². The van der Waals surface area contributed by atoms with Crippen molar-refractivity contribution in [2.75, 3.05) is 11.4 Å². The number of nitrogens with zero attached hydrogens (tertiary/aromatic N) is 2. The van der Waals surface area contributed by atoms with E-state index in [-0.39, 0.29) is 12.5 Å². The van der Waals surface area contributed by atoms with Crippen LogP contribution in [0, 0.1) is 11.6 Å². The summed E-state index contributed by atoms with van der Waals surface area (Å²) in [7, 11) is 0. The van der Waals surface area contributed by atoms with Gasteiger partial charge in [-0.1, -0.05) is 6.07 Å². The Bertz CT molecular complexity index is 909. The average Bonchev–Trinajstić information content (AvgIpc) is 2.91. The van der Waals surface area contributed by atoms with Crippen molar-refractivity contribution in [1.29, 1.82) is 0 Å². The van der Waals surface area contributed by atoms with Crippen molar-refractivity contribution in [2.45, 2.75) is 6.04 Å². The Morgan fingerprint density at radius 3 is 2.59 bits per heavy atom. The fourth-order valence-corrected chi connectivity index (χ4v) is 3.73. The molecule has 1 unspecified atom stereocenters. The number of urea groups is 1. The number of benzene rings is 2. The normalized spacial score (nSPS) is 20.5. The van der Waals surface area contributed by atoms with Crippen LogP contribution >= 0.6 is 0 Å². The van der Waals surface area contributed by atoms with Crippen molar-refractivity contribution in [3.8, 4) is 11.1 Å². The van der Waals surface area contributed by atoms with Crippen molar-refractivity contribution < 1.29 is 18.4 Å². The molecule has 22 heavy (non-hydrogen) atoms. The van der Waals surface area contributed by atoms with Gasteiger partial charge in [-0.25, -0.2) is 13.6 Å². The molecule has 0 saturated carbocycles. The molecule has 0 radical (unpaired) electrons. The Morgan fingerprint density at radius 2 is 1.77 bits per heavy atom. The SMILES string of the molecule is O=C1CN2C(=O)N1C1c3cc(F)ccc3-c3c1cc(F)cc32. The van der Waals surface area contributed by atoms with Crippen LogP contribution in [0.3, 0.4) is 0 Å². The Kier molecular flexibility index (Phi) is 1.90. The van der Waals surface area contributed by atoms with Gasteiger partial charge in [0.2, 0.25) is 0 Å². The third-order valence-corrected chi connectivity index (χ3v) is 4.53. The first-order valence-electron chi connectivity index (χ1n) is 6.83. The van der Waals surface area contributed by atoms with E-state index in [1.807, 2.05) is 0 Å². The number of imide groups is 1. The van der Waals surface area contributed by atoms with Gasteiger partial charge >= 0.3 is 6.03 Å². The number of carbonyl (C=O) groups is 2. The van der Waals surface area contributed by atoms with Crippen molar-refractivity contribution in [1.82, 2.24) is 4.90 Å². The van der Waals surface area contributed by atoms with Crippen LogP contribution in [0.1, 0.15) is 17.2 Å². The fourth-order valence-electron chi connectivity index (χ4n) is 3.73. The summed E-state index contributed by atoms with van der Waals surface area (Å²) in [6, 6.07) is 5.62. The standard InChI is InChI=1S/C16H8F2N2O2/c17-7-1-2-9-10(3-7)15-11-4-8(18)5-12(14(9)11)19-6-13(21)20(15)16(19)22/h1-5,15H,6H2. The molecule has 2 aromatic rings. The highest BCUT2D eigenvalue weighted by atomic mass is 19.1. The van der Waals surface area contributed by atoms with Crippen LogP contribution in [0.25, 0.3) is 11.1 Å². The molecule has 3 amide bonds. The number of hydrogen-bond acceptors (Lipinski definition) is 2. The van der Waals surface area contributed by atoms with Crippen LogP contribution in [0.5, 0.6) is 0 Å². The number of hydrogen-bond donors (Lipinski definition) is 0. The lowest BCUT2D eigenvalue weighted by Crippen LogP contribution is -2.35. The summed E-state index contributed by atoms with van der Waals surface area (Å²) in [6.45, 7) is -0.109. The first-order valence-corrected chi connectivity index (χ1v) is 6.83. The van der Waals surface area contributed by atoms with Gasteiger partial charge in [0.25, 0.3) is 5.91 Å². The van der Waals surface area contributed by atoms with E-state index in [4.69, 9.17) is 0 Å². The van der Waals surface area contributed by atoms with Gasteiger partial charge in [0.15, 0.2) is 0 Å². The van der Waals surface area contributed by atoms with E-state index in [9.17, 15) is 18.4 Å². The second-order valence-electron chi connectivity index (χ2n) is 5.66. The smallest absolute Gasteiger partial charge is 0.284 e. The number of halogens is 2. The number of carbonyl (C=O) groups excluding carboxylic acids is 2. The minimum Gasteiger partial charge on any atom is -0.284 e. The van der Waals surface area contributed by atoms with Crippen molar-refractivity contribution in [3.63, 3.8) is 0 Å². The minimum atomic E-state index is -0.748. The van der Waals surface area contributed by atoms with E-state index in [1.54, 1.807) is 6.07 Å². The second-order valence-corrected chi connectivity index (χ2v) is 5.66. The Morgan fingerprint density at radius 1 is 1.00 bits per heavy atom. The van der Waals surface area contributed by atoms with Crippen LogP contribution in [0.4, 0.5) is 19.3 Å². The maximum atomic E-state index is 13.9. The molecule has 2 aromatic carbocycles. The molecule has 0 aromatic heterocycles. The highest BCUT2D eigenvalue weighted by Gasteiger charge is 2.50. The van der Waals surface area contributed by atoms with Gasteiger partial charge in [0.05, 0.1) is 11.7 Å². The second kappa shape index (κ2) is 3.52. The predicted molar refractivity (Wildman–Crippen MR) is 73.2 cm³/mol. The summed E-state index contributed by atoms with van der Waals surface area (Å²) in [5.41, 5.74) is 2.91. The Balaban J connectivity index is 1.95. The van der Waals surface area contributed by atoms with Crippen LogP contribution < -0.4 is 4.90 Å². The first kappa shape index (κ1) is 11.9. The summed E-state index contributed by atoms with van der Waals surface area (Å²) >= 11 is 0. The molecule has 2 heterocycles. The van der Waals surface area contributed by atoms with Gasteiger partial charge < -0.3 is 0 Å². The fraction of sp³-hybridized carbons (Fsp3) is 0.125. The molecule has 1 fully saturated rings. The lowest BCUT2D eigenvalue weighted by atomic mass is 10.0. The molecular formula is C16H8F2N2O2. The monoisotopic (exact) mass is 298 g/mol. The Hall–Kier alpha value is -2.76. The van der Waals surface area contributed by atoms with Gasteiger partial charge in [0, 0.05) is 5.56 Å². The molecule has 5 rings (SSSR count). The molecule has 1 aliphatic carbocycles. The predicted octanol–water partition coefficient (Wildman–Crippen LogP) is 2.82. The summed E-state index contributed by atoms with van der Waals surface area (Å²) in [4.78, 5) is 27.1. The molecule has 1 atom stereocenters. The zero-order valence-electron chi connectivity index (χ0n) is 11.1. The van der Waals surface area contributed by atoms with E-state index >= 15 is 0 Å². The van der Waals surface area contributed by atoms with E-state index in [0.29, 0.717) is 22.4 Å². The first-order chi connectivity index (χ1) is 10.6. The van der Waals surface area contributed by atoms with E-state index in [1.165, 1.54) is 29.2 Å². The molecule has 4 nitrogen and oxygen atoms in total. The van der Waals surface area contributed by atoms with Crippen molar-refractivity contribution in [2.24, 2.45) is 0 Å². The number of amides is 3. The minimum absolute atomic E-state index is 0.109. The van der Waals surface area contributed by atoms with Gasteiger partial charge in [0.1, 0.15) is 18.2 Å². The molecular weight excluding hydrogens is 290 g/mol. The summed E-state index contributed by atoms with van der Waals surface area (Å²) in [6.07, 6.45) is 0. The average molecular weight is 298 g/mol. The maximum absolute atomic E-state index is 13.9. The highest BCUT2D eigenvalue weighted by molar-refractivity contribution is 6.17. The highest BCUT2D eigenvalue weighted by Crippen LogP contribution is 2.54. The van der Waals surface area contributed by atoms with Crippen LogP contribution in [-0.2, 0) is 4.79 Å². The molecule has 0 N–H and O–H groups in total. The molecule has 6 heteroatoms. The topological polar surface area (TPSA) is 40.6 Å². The summed E-state index contributed by atoms with van der Waals surface area (Å²) < 4.78 is 27.6. The molecule has 0 spiro atoms. The lowest BCUT2D eigenvalue weighted by Gasteiger charge is -2.23. The van der Waals surface area contributed by atoms with Crippen molar-refractivity contribution in [3.05, 3.63) is 53.1 Å². The third-order valence-electron chi connectivity index (χ3n) is 4.53. The zero-order valence-corrected chi connectivity index (χ0v) is 11.1. The third kappa shape index (κ3) is 1.17. The zero-order chi connectivity index (χ0) is 15.2. The van der Waals surface area contributed by atoms with Gasteiger partial charge in [-0.2, -0.15) is 0 Å². The molecule has 108 valence electrons. The molecule has 1 saturated heterocycles. The van der Waals surface area contributed by atoms with Crippen LogP contribution in [0.2, 0.25) is 0 Å². The summed E-state index contributed by atoms with van der Waals surface area (Å²) in [5.74, 6) is -1.28. The molecule has 6 bridgehead atoms. The number of rotatable bonds is 0. The molecule has 3 aliphatic rings. The van der Waals surface area contributed by atoms with Crippen LogP contribution in [0.15, 0.2) is 30.3 Å². The van der Waals surface area contributed by atoms with E-state index in [2.05, 4.69) is 0 Å².